The monoisotopic (exact) mass is 278 g/mol. The van der Waals surface area contributed by atoms with Crippen LogP contribution in [0, 0.1) is 0 Å². The Morgan fingerprint density at radius 1 is 1.35 bits per heavy atom. The molecule has 1 unspecified atom stereocenters. The van der Waals surface area contributed by atoms with Crippen LogP contribution in [0.5, 0.6) is 5.75 Å². The molecule has 1 aromatic carbocycles. The summed E-state index contributed by atoms with van der Waals surface area (Å²) in [6.45, 7) is 4.03. The van der Waals surface area contributed by atoms with Gasteiger partial charge >= 0.3 is 0 Å². The minimum absolute atomic E-state index is 0.322. The number of methoxy groups -OCH3 is 1. The Morgan fingerprint density at radius 3 is 2.70 bits per heavy atom. The summed E-state index contributed by atoms with van der Waals surface area (Å²) in [5.41, 5.74) is 5.70. The van der Waals surface area contributed by atoms with Crippen LogP contribution in [0.2, 0.25) is 0 Å². The summed E-state index contributed by atoms with van der Waals surface area (Å²) in [6.07, 6.45) is 5.22. The highest BCUT2D eigenvalue weighted by Gasteiger charge is 2.30. The van der Waals surface area contributed by atoms with E-state index < -0.39 is 5.54 Å². The average Bonchev–Trinajstić information content (AvgIpc) is 2.43. The molecule has 0 aliphatic heterocycles. The van der Waals surface area contributed by atoms with Crippen LogP contribution in [0.4, 0.5) is 5.69 Å². The number of ether oxygens (including phenoxy) is 1. The van der Waals surface area contributed by atoms with Crippen LogP contribution in [-0.2, 0) is 4.79 Å². The number of nitrogens with two attached hydrogens (primary N) is 1. The number of anilines is 1. The Morgan fingerprint density at radius 2 is 2.10 bits per heavy atom. The van der Waals surface area contributed by atoms with E-state index in [1.807, 2.05) is 31.2 Å². The van der Waals surface area contributed by atoms with Crippen molar-refractivity contribution in [1.82, 2.24) is 0 Å². The van der Waals surface area contributed by atoms with Gasteiger partial charge in [0.05, 0.1) is 7.11 Å². The molecule has 3 N–H and O–H groups in total. The van der Waals surface area contributed by atoms with E-state index in [1.165, 1.54) is 12.8 Å². The standard InChI is InChI=1S/C16H26N2O2/c1-4-5-6-7-11-16(2,15(17)19)18-13-9-8-10-14(12-13)20-3/h8-10,12,18H,4-7,11H2,1-3H3,(H2,17,19). The average molecular weight is 278 g/mol. The van der Waals surface area contributed by atoms with E-state index in [1.54, 1.807) is 7.11 Å². The van der Waals surface area contributed by atoms with Gasteiger partial charge in [0.2, 0.25) is 5.91 Å². The summed E-state index contributed by atoms with van der Waals surface area (Å²) in [7, 11) is 1.62. The van der Waals surface area contributed by atoms with Crippen molar-refractivity contribution in [3.63, 3.8) is 0 Å². The van der Waals surface area contributed by atoms with E-state index in [2.05, 4.69) is 12.2 Å². The van der Waals surface area contributed by atoms with E-state index in [9.17, 15) is 4.79 Å². The zero-order chi connectivity index (χ0) is 15.0. The largest absolute Gasteiger partial charge is 0.497 e. The molecule has 0 saturated heterocycles. The molecule has 0 heterocycles. The quantitative estimate of drug-likeness (QED) is 0.681. The van der Waals surface area contributed by atoms with Gasteiger partial charge in [-0.3, -0.25) is 4.79 Å². The van der Waals surface area contributed by atoms with Gasteiger partial charge < -0.3 is 15.8 Å². The number of carbonyl (C=O) groups excluding carboxylic acids is 1. The molecule has 1 rings (SSSR count). The van der Waals surface area contributed by atoms with Gasteiger partial charge in [-0.15, -0.1) is 0 Å². The number of unbranched alkanes of at least 4 members (excludes halogenated alkanes) is 3. The first-order valence-electron chi connectivity index (χ1n) is 7.24. The fourth-order valence-corrected chi connectivity index (χ4v) is 2.17. The van der Waals surface area contributed by atoms with Crippen LogP contribution in [0.15, 0.2) is 24.3 Å². The van der Waals surface area contributed by atoms with Crippen molar-refractivity contribution in [2.45, 2.75) is 51.5 Å². The second kappa shape index (κ2) is 7.78. The van der Waals surface area contributed by atoms with Crippen LogP contribution in [0.3, 0.4) is 0 Å². The number of nitrogens with one attached hydrogen (secondary N) is 1. The highest BCUT2D eigenvalue weighted by molar-refractivity contribution is 5.87. The normalized spacial score (nSPS) is 13.6. The van der Waals surface area contributed by atoms with Gasteiger partial charge in [0.15, 0.2) is 0 Å². The molecule has 0 aromatic heterocycles. The van der Waals surface area contributed by atoms with Crippen molar-refractivity contribution >= 4 is 11.6 Å². The Hall–Kier alpha value is -1.71. The van der Waals surface area contributed by atoms with E-state index in [4.69, 9.17) is 10.5 Å². The van der Waals surface area contributed by atoms with Gasteiger partial charge in [-0.05, 0) is 25.5 Å². The van der Waals surface area contributed by atoms with Crippen LogP contribution in [0.25, 0.3) is 0 Å². The molecule has 1 aromatic rings. The molecule has 4 nitrogen and oxygen atoms in total. The fourth-order valence-electron chi connectivity index (χ4n) is 2.17. The van der Waals surface area contributed by atoms with Gasteiger partial charge in [0, 0.05) is 11.8 Å². The van der Waals surface area contributed by atoms with Crippen molar-refractivity contribution in [2.75, 3.05) is 12.4 Å². The van der Waals surface area contributed by atoms with E-state index in [0.717, 1.165) is 30.7 Å². The Kier molecular flexibility index (Phi) is 6.36. The Bertz CT molecular complexity index is 434. The third-order valence-electron chi connectivity index (χ3n) is 3.56. The molecule has 0 radical (unpaired) electrons. The maximum atomic E-state index is 11.8. The van der Waals surface area contributed by atoms with Gasteiger partial charge in [0.25, 0.3) is 0 Å². The van der Waals surface area contributed by atoms with Gasteiger partial charge in [-0.1, -0.05) is 38.7 Å². The number of hydrogen-bond acceptors (Lipinski definition) is 3. The Labute approximate surface area is 121 Å². The molecule has 0 saturated carbocycles. The minimum atomic E-state index is -0.722. The van der Waals surface area contributed by atoms with Crippen molar-refractivity contribution in [3.8, 4) is 5.75 Å². The predicted octanol–water partition coefficient (Wildman–Crippen LogP) is 3.32. The first-order valence-corrected chi connectivity index (χ1v) is 7.24. The predicted molar refractivity (Wildman–Crippen MR) is 83.0 cm³/mol. The maximum absolute atomic E-state index is 11.8. The molecule has 20 heavy (non-hydrogen) atoms. The van der Waals surface area contributed by atoms with Crippen LogP contribution in [-0.4, -0.2) is 18.6 Å². The van der Waals surface area contributed by atoms with Crippen LogP contribution < -0.4 is 15.8 Å². The third kappa shape index (κ3) is 4.76. The molecule has 0 bridgehead atoms. The summed E-state index contributed by atoms with van der Waals surface area (Å²) in [4.78, 5) is 11.8. The summed E-state index contributed by atoms with van der Waals surface area (Å²) >= 11 is 0. The highest BCUT2D eigenvalue weighted by Crippen LogP contribution is 2.24. The van der Waals surface area contributed by atoms with Crippen molar-refractivity contribution in [3.05, 3.63) is 24.3 Å². The molecule has 0 aliphatic rings. The fraction of sp³-hybridized carbons (Fsp3) is 0.562. The lowest BCUT2D eigenvalue weighted by Gasteiger charge is -2.29. The number of rotatable bonds is 9. The molecule has 112 valence electrons. The highest BCUT2D eigenvalue weighted by atomic mass is 16.5. The summed E-state index contributed by atoms with van der Waals surface area (Å²) in [5.74, 6) is 0.435. The molecule has 1 amide bonds. The summed E-state index contributed by atoms with van der Waals surface area (Å²) in [5, 5.41) is 3.25. The number of benzene rings is 1. The van der Waals surface area contributed by atoms with Crippen LogP contribution >= 0.6 is 0 Å². The van der Waals surface area contributed by atoms with Crippen molar-refractivity contribution < 1.29 is 9.53 Å². The second-order valence-electron chi connectivity index (χ2n) is 5.36. The number of primary amides is 1. The topological polar surface area (TPSA) is 64.3 Å². The van der Waals surface area contributed by atoms with E-state index in [-0.39, 0.29) is 5.91 Å². The lowest BCUT2D eigenvalue weighted by molar-refractivity contribution is -0.122. The van der Waals surface area contributed by atoms with Gasteiger partial charge in [0.1, 0.15) is 11.3 Å². The first kappa shape index (κ1) is 16.3. The zero-order valence-electron chi connectivity index (χ0n) is 12.7. The lowest BCUT2D eigenvalue weighted by atomic mass is 9.93. The SMILES string of the molecule is CCCCCCC(C)(Nc1cccc(OC)c1)C(N)=O. The Balaban J connectivity index is 2.71. The number of carbonyl (C=O) groups is 1. The molecular formula is C16H26N2O2. The molecule has 0 fully saturated rings. The summed E-state index contributed by atoms with van der Waals surface area (Å²) in [6, 6.07) is 7.54. The van der Waals surface area contributed by atoms with Gasteiger partial charge in [-0.25, -0.2) is 0 Å². The smallest absolute Gasteiger partial charge is 0.242 e. The van der Waals surface area contributed by atoms with Crippen molar-refractivity contribution in [2.24, 2.45) is 5.73 Å². The third-order valence-corrected chi connectivity index (χ3v) is 3.56. The van der Waals surface area contributed by atoms with Gasteiger partial charge in [-0.2, -0.15) is 0 Å². The molecule has 0 aliphatic carbocycles. The first-order chi connectivity index (χ1) is 9.51. The summed E-state index contributed by atoms with van der Waals surface area (Å²) < 4.78 is 5.19. The molecule has 4 heteroatoms. The minimum Gasteiger partial charge on any atom is -0.497 e. The second-order valence-corrected chi connectivity index (χ2v) is 5.36. The van der Waals surface area contributed by atoms with Crippen molar-refractivity contribution in [1.29, 1.82) is 0 Å². The zero-order valence-corrected chi connectivity index (χ0v) is 12.7. The van der Waals surface area contributed by atoms with E-state index in [0.29, 0.717) is 0 Å². The molecule has 1 atom stereocenters. The number of amides is 1. The molecule has 0 spiro atoms. The lowest BCUT2D eigenvalue weighted by Crippen LogP contribution is -2.47. The number of hydrogen-bond donors (Lipinski definition) is 2. The van der Waals surface area contributed by atoms with E-state index >= 15 is 0 Å². The maximum Gasteiger partial charge on any atom is 0.242 e. The van der Waals surface area contributed by atoms with Crippen LogP contribution in [0.1, 0.15) is 46.0 Å². The molecular weight excluding hydrogens is 252 g/mol.